The zero-order chi connectivity index (χ0) is 13.0. The summed E-state index contributed by atoms with van der Waals surface area (Å²) in [6, 6.07) is 0.127. The topological polar surface area (TPSA) is 26.3 Å². The Labute approximate surface area is 103 Å². The summed E-state index contributed by atoms with van der Waals surface area (Å²) in [4.78, 5) is 12.5. The van der Waals surface area contributed by atoms with Gasteiger partial charge in [-0.1, -0.05) is 0 Å². The van der Waals surface area contributed by atoms with Gasteiger partial charge in [-0.15, -0.1) is 0 Å². The Bertz CT molecular complexity index is 376. The number of carbonyl (C=O) groups is 1. The Balaban J connectivity index is 1.92. The van der Waals surface area contributed by atoms with Gasteiger partial charge < -0.3 is 4.74 Å². The zero-order valence-electron chi connectivity index (χ0n) is 10.1. The second-order valence-corrected chi connectivity index (χ2v) is 5.67. The predicted molar refractivity (Wildman–Crippen MR) is 56.6 cm³/mol. The first kappa shape index (κ1) is 12.4. The van der Waals surface area contributed by atoms with Crippen molar-refractivity contribution in [2.45, 2.75) is 49.9 Å². The highest BCUT2D eigenvalue weighted by molar-refractivity contribution is 5.82. The fourth-order valence-corrected chi connectivity index (χ4v) is 3.57. The van der Waals surface area contributed by atoms with E-state index in [2.05, 4.69) is 0 Å². The SMILES string of the molecule is O=C(C1(C(F)(F)F)CCCCO1)[N+]12CCCC1C2. The Kier molecular flexibility index (Phi) is 2.55. The minimum absolute atomic E-state index is 0.0273. The van der Waals surface area contributed by atoms with E-state index in [1.165, 1.54) is 0 Å². The third-order valence-corrected chi connectivity index (χ3v) is 4.68. The van der Waals surface area contributed by atoms with Gasteiger partial charge in [-0.3, -0.25) is 0 Å². The smallest absolute Gasteiger partial charge is 0.354 e. The molecule has 102 valence electrons. The number of fused-ring (bicyclic) bond motifs is 1. The van der Waals surface area contributed by atoms with E-state index >= 15 is 0 Å². The van der Waals surface area contributed by atoms with E-state index in [9.17, 15) is 18.0 Å². The molecule has 18 heavy (non-hydrogen) atoms. The first-order chi connectivity index (χ1) is 8.42. The molecule has 3 saturated heterocycles. The summed E-state index contributed by atoms with van der Waals surface area (Å²) in [6.45, 7) is 1.18. The van der Waals surface area contributed by atoms with E-state index in [4.69, 9.17) is 4.74 Å². The maximum Gasteiger partial charge on any atom is 0.430 e. The quantitative estimate of drug-likeness (QED) is 0.535. The van der Waals surface area contributed by atoms with Crippen molar-refractivity contribution < 1.29 is 27.2 Å². The van der Waals surface area contributed by atoms with Crippen molar-refractivity contribution in [1.29, 1.82) is 0 Å². The van der Waals surface area contributed by atoms with Crippen molar-refractivity contribution >= 4 is 5.91 Å². The first-order valence-corrected chi connectivity index (χ1v) is 6.55. The van der Waals surface area contributed by atoms with Gasteiger partial charge in [-0.25, -0.2) is 9.28 Å². The maximum atomic E-state index is 13.3. The van der Waals surface area contributed by atoms with Crippen molar-refractivity contribution in [3.63, 3.8) is 0 Å². The lowest BCUT2D eigenvalue weighted by Gasteiger charge is -2.37. The number of nitrogens with zero attached hydrogens (tertiary/aromatic N) is 1. The molecule has 6 heteroatoms. The molecule has 0 radical (unpaired) electrons. The van der Waals surface area contributed by atoms with Gasteiger partial charge in [0.25, 0.3) is 5.60 Å². The van der Waals surface area contributed by atoms with Gasteiger partial charge in [-0.2, -0.15) is 13.2 Å². The van der Waals surface area contributed by atoms with Crippen molar-refractivity contribution in [1.82, 2.24) is 0 Å². The lowest BCUT2D eigenvalue weighted by atomic mass is 9.91. The van der Waals surface area contributed by atoms with Crippen LogP contribution in [0.5, 0.6) is 0 Å². The highest BCUT2D eigenvalue weighted by Gasteiger charge is 2.75. The van der Waals surface area contributed by atoms with E-state index in [-0.39, 0.29) is 23.6 Å². The van der Waals surface area contributed by atoms with Gasteiger partial charge in [0.05, 0.1) is 6.54 Å². The van der Waals surface area contributed by atoms with Crippen LogP contribution in [0, 0.1) is 0 Å². The summed E-state index contributed by atoms with van der Waals surface area (Å²) < 4.78 is 45.0. The number of rotatable bonds is 1. The highest BCUT2D eigenvalue weighted by atomic mass is 19.4. The molecule has 0 spiro atoms. The standard InChI is InChI=1S/C12H17F3NO2/c13-12(14,15)11(5-1-2-7-18-11)10(17)16-6-3-4-9(16)8-16/h9H,1-8H2/q+1. The van der Waals surface area contributed by atoms with Crippen LogP contribution in [0.15, 0.2) is 0 Å². The molecule has 0 aromatic heterocycles. The van der Waals surface area contributed by atoms with Crippen LogP contribution in [0.1, 0.15) is 32.1 Å². The molecule has 3 nitrogen and oxygen atoms in total. The van der Waals surface area contributed by atoms with Crippen molar-refractivity contribution in [2.75, 3.05) is 19.7 Å². The number of quaternary nitrogens is 1. The summed E-state index contributed by atoms with van der Waals surface area (Å²) in [5.41, 5.74) is -2.52. The molecule has 0 bridgehead atoms. The van der Waals surface area contributed by atoms with E-state index < -0.39 is 17.7 Å². The number of piperidine rings is 1. The molecule has 1 amide bonds. The average molecular weight is 264 g/mol. The highest BCUT2D eigenvalue weighted by Crippen LogP contribution is 2.50. The number of alkyl halides is 3. The summed E-state index contributed by atoms with van der Waals surface area (Å²) in [5.74, 6) is -0.725. The van der Waals surface area contributed by atoms with Crippen LogP contribution in [0.4, 0.5) is 13.2 Å². The lowest BCUT2D eigenvalue weighted by molar-refractivity contribution is -0.729. The zero-order valence-corrected chi connectivity index (χ0v) is 10.1. The molecular formula is C12H17F3NO2+. The van der Waals surface area contributed by atoms with Crippen LogP contribution in [-0.4, -0.2) is 47.9 Å². The molecule has 3 unspecified atom stereocenters. The van der Waals surface area contributed by atoms with Crippen LogP contribution < -0.4 is 0 Å². The molecule has 3 aliphatic rings. The number of amides is 1. The molecule has 3 fully saturated rings. The number of hydrogen-bond donors (Lipinski definition) is 0. The molecule has 3 atom stereocenters. The predicted octanol–water partition coefficient (Wildman–Crippen LogP) is 2.01. The third-order valence-electron chi connectivity index (χ3n) is 4.68. The van der Waals surface area contributed by atoms with Crippen LogP contribution in [0.25, 0.3) is 0 Å². The van der Waals surface area contributed by atoms with Crippen LogP contribution in [-0.2, 0) is 9.53 Å². The minimum atomic E-state index is -4.59. The Morgan fingerprint density at radius 2 is 2.06 bits per heavy atom. The largest absolute Gasteiger partial charge is 0.430 e. The number of hydrogen-bond acceptors (Lipinski definition) is 2. The monoisotopic (exact) mass is 264 g/mol. The summed E-state index contributed by atoms with van der Waals surface area (Å²) in [6.07, 6.45) is -2.05. The van der Waals surface area contributed by atoms with E-state index in [0.29, 0.717) is 25.9 Å². The molecule has 3 heterocycles. The average Bonchev–Trinajstić information content (AvgIpc) is 2.90. The van der Waals surface area contributed by atoms with Gasteiger partial charge in [0.15, 0.2) is 0 Å². The molecule has 0 saturated carbocycles. The number of carbonyl (C=O) groups excluding carboxylic acids is 1. The van der Waals surface area contributed by atoms with Crippen molar-refractivity contribution in [2.24, 2.45) is 0 Å². The molecule has 3 aliphatic heterocycles. The normalized spacial score (nSPS) is 43.6. The van der Waals surface area contributed by atoms with Gasteiger partial charge in [0, 0.05) is 19.4 Å². The molecule has 0 aromatic rings. The fourth-order valence-electron chi connectivity index (χ4n) is 3.57. The van der Waals surface area contributed by atoms with Gasteiger partial charge in [0.2, 0.25) is 0 Å². The number of halogens is 3. The first-order valence-electron chi connectivity index (χ1n) is 6.55. The van der Waals surface area contributed by atoms with Crippen LogP contribution in [0.2, 0.25) is 0 Å². The van der Waals surface area contributed by atoms with Gasteiger partial charge in [0.1, 0.15) is 12.6 Å². The summed E-state index contributed by atoms with van der Waals surface area (Å²) in [5, 5.41) is 0. The van der Waals surface area contributed by atoms with Gasteiger partial charge in [-0.05, 0) is 19.3 Å². The molecule has 3 rings (SSSR count). The summed E-state index contributed by atoms with van der Waals surface area (Å²) in [7, 11) is 0. The van der Waals surface area contributed by atoms with E-state index in [1.807, 2.05) is 0 Å². The second-order valence-electron chi connectivity index (χ2n) is 5.67. The van der Waals surface area contributed by atoms with E-state index in [1.54, 1.807) is 0 Å². The van der Waals surface area contributed by atoms with Crippen LogP contribution >= 0.6 is 0 Å². The Hall–Kier alpha value is -0.620. The Morgan fingerprint density at radius 1 is 1.28 bits per heavy atom. The van der Waals surface area contributed by atoms with E-state index in [0.717, 1.165) is 12.8 Å². The van der Waals surface area contributed by atoms with Gasteiger partial charge >= 0.3 is 12.1 Å². The molecule has 0 aliphatic carbocycles. The summed E-state index contributed by atoms with van der Waals surface area (Å²) >= 11 is 0. The third kappa shape index (κ3) is 1.48. The molecule has 0 aromatic carbocycles. The fraction of sp³-hybridized carbons (Fsp3) is 0.917. The molecular weight excluding hydrogens is 247 g/mol. The Morgan fingerprint density at radius 3 is 2.50 bits per heavy atom. The number of ether oxygens (including phenoxy) is 1. The maximum absolute atomic E-state index is 13.3. The second kappa shape index (κ2) is 3.70. The minimum Gasteiger partial charge on any atom is -0.354 e. The lowest BCUT2D eigenvalue weighted by Crippen LogP contribution is -2.62. The van der Waals surface area contributed by atoms with Crippen molar-refractivity contribution in [3.8, 4) is 0 Å². The molecule has 0 N–H and O–H groups in total. The van der Waals surface area contributed by atoms with Crippen LogP contribution in [0.3, 0.4) is 0 Å². The van der Waals surface area contributed by atoms with Crippen molar-refractivity contribution in [3.05, 3.63) is 0 Å².